The SMILES string of the molecule is CC(=O)OC[C@H]1O[C@@H](Oc2nc(Cl)nc(NCc3ccccc3)n2)[C@H](OC(C)=O)[C@@H](OC(C)=O)[C@@H]1OC(C)=O. The summed E-state index contributed by atoms with van der Waals surface area (Å²) in [5, 5.41) is 2.77. The first-order chi connectivity index (χ1) is 18.5. The van der Waals surface area contributed by atoms with Crippen LogP contribution in [0.3, 0.4) is 0 Å². The summed E-state index contributed by atoms with van der Waals surface area (Å²) in [7, 11) is 0. The lowest BCUT2D eigenvalue weighted by Gasteiger charge is -2.43. The van der Waals surface area contributed by atoms with Crippen molar-refractivity contribution < 1.29 is 47.6 Å². The summed E-state index contributed by atoms with van der Waals surface area (Å²) in [6.07, 6.45) is -6.93. The Morgan fingerprint density at radius 3 is 2.08 bits per heavy atom. The molecule has 2 aromatic rings. The van der Waals surface area contributed by atoms with Crippen molar-refractivity contribution in [3.05, 3.63) is 41.2 Å². The normalized spacial score (nSPS) is 22.2. The van der Waals surface area contributed by atoms with Crippen LogP contribution >= 0.6 is 11.6 Å². The van der Waals surface area contributed by atoms with E-state index in [1.54, 1.807) is 0 Å². The van der Waals surface area contributed by atoms with Gasteiger partial charge < -0.3 is 33.7 Å². The number of nitrogens with one attached hydrogen (secondary N) is 1. The predicted molar refractivity (Wildman–Crippen MR) is 131 cm³/mol. The number of halogens is 1. The van der Waals surface area contributed by atoms with Crippen molar-refractivity contribution in [3.8, 4) is 6.01 Å². The van der Waals surface area contributed by atoms with Gasteiger partial charge in [-0.15, -0.1) is 0 Å². The molecule has 1 fully saturated rings. The Morgan fingerprint density at radius 2 is 1.46 bits per heavy atom. The Balaban J connectivity index is 1.92. The first-order valence-electron chi connectivity index (χ1n) is 11.7. The van der Waals surface area contributed by atoms with Crippen LogP contribution in [0.15, 0.2) is 30.3 Å². The second-order valence-corrected chi connectivity index (χ2v) is 8.57. The highest BCUT2D eigenvalue weighted by Crippen LogP contribution is 2.30. The van der Waals surface area contributed by atoms with Crippen LogP contribution in [0.4, 0.5) is 5.95 Å². The number of carbonyl (C=O) groups excluding carboxylic acids is 4. The van der Waals surface area contributed by atoms with Gasteiger partial charge in [-0.05, 0) is 17.2 Å². The quantitative estimate of drug-likeness (QED) is 0.324. The fourth-order valence-electron chi connectivity index (χ4n) is 3.63. The second-order valence-electron chi connectivity index (χ2n) is 8.24. The highest BCUT2D eigenvalue weighted by molar-refractivity contribution is 6.28. The maximum atomic E-state index is 12.0. The number of aromatic nitrogens is 3. The number of benzene rings is 1. The lowest BCUT2D eigenvalue weighted by atomic mass is 9.98. The summed E-state index contributed by atoms with van der Waals surface area (Å²) < 4.78 is 32.8. The van der Waals surface area contributed by atoms with E-state index in [1.807, 2.05) is 30.3 Å². The van der Waals surface area contributed by atoms with Crippen molar-refractivity contribution in [2.24, 2.45) is 0 Å². The topological polar surface area (TPSA) is 174 Å². The zero-order valence-electron chi connectivity index (χ0n) is 21.5. The van der Waals surface area contributed by atoms with E-state index in [-0.39, 0.29) is 17.2 Å². The third-order valence-corrected chi connectivity index (χ3v) is 5.22. The Kier molecular flexibility index (Phi) is 10.3. The van der Waals surface area contributed by atoms with E-state index in [9.17, 15) is 19.2 Å². The van der Waals surface area contributed by atoms with E-state index < -0.39 is 61.2 Å². The zero-order valence-corrected chi connectivity index (χ0v) is 22.2. The monoisotopic (exact) mass is 566 g/mol. The summed E-state index contributed by atoms with van der Waals surface area (Å²) in [4.78, 5) is 59.4. The predicted octanol–water partition coefficient (Wildman–Crippen LogP) is 1.60. The molecule has 0 saturated carbocycles. The molecule has 39 heavy (non-hydrogen) atoms. The molecule has 0 amide bonds. The van der Waals surface area contributed by atoms with Gasteiger partial charge >= 0.3 is 29.9 Å². The number of hydrogen-bond acceptors (Lipinski definition) is 14. The second kappa shape index (κ2) is 13.7. The molecule has 5 atom stereocenters. The Bertz CT molecular complexity index is 1180. The van der Waals surface area contributed by atoms with Crippen molar-refractivity contribution in [1.29, 1.82) is 0 Å². The molecule has 210 valence electrons. The summed E-state index contributed by atoms with van der Waals surface area (Å²) in [6.45, 7) is 4.45. The minimum atomic E-state index is -1.52. The van der Waals surface area contributed by atoms with Crippen molar-refractivity contribution >= 4 is 41.4 Å². The molecule has 14 nitrogen and oxygen atoms in total. The lowest BCUT2D eigenvalue weighted by Crippen LogP contribution is -2.63. The average Bonchev–Trinajstić information content (AvgIpc) is 2.84. The zero-order chi connectivity index (χ0) is 28.5. The van der Waals surface area contributed by atoms with Gasteiger partial charge in [-0.1, -0.05) is 30.3 Å². The Labute approximate surface area is 228 Å². The summed E-state index contributed by atoms with van der Waals surface area (Å²) >= 11 is 6.07. The molecule has 0 aliphatic carbocycles. The summed E-state index contributed by atoms with van der Waals surface area (Å²) in [5.41, 5.74) is 0.941. The van der Waals surface area contributed by atoms with Crippen molar-refractivity contribution in [2.75, 3.05) is 11.9 Å². The average molecular weight is 567 g/mol. The van der Waals surface area contributed by atoms with Crippen LogP contribution in [0, 0.1) is 0 Å². The van der Waals surface area contributed by atoms with Crippen LogP contribution in [0.25, 0.3) is 0 Å². The smallest absolute Gasteiger partial charge is 0.325 e. The van der Waals surface area contributed by atoms with E-state index in [4.69, 9.17) is 40.0 Å². The van der Waals surface area contributed by atoms with E-state index in [0.717, 1.165) is 26.3 Å². The van der Waals surface area contributed by atoms with Gasteiger partial charge in [0.1, 0.15) is 12.7 Å². The number of nitrogens with zero attached hydrogens (tertiary/aromatic N) is 3. The van der Waals surface area contributed by atoms with Gasteiger partial charge in [0.15, 0.2) is 12.2 Å². The number of rotatable bonds is 10. The van der Waals surface area contributed by atoms with Gasteiger partial charge in [-0.25, -0.2) is 0 Å². The van der Waals surface area contributed by atoms with E-state index >= 15 is 0 Å². The number of hydrogen-bond donors (Lipinski definition) is 1. The molecular weight excluding hydrogens is 540 g/mol. The minimum Gasteiger partial charge on any atom is -0.463 e. The number of ether oxygens (including phenoxy) is 6. The maximum Gasteiger partial charge on any atom is 0.325 e. The molecule has 1 aliphatic heterocycles. The largest absolute Gasteiger partial charge is 0.463 e. The van der Waals surface area contributed by atoms with Crippen molar-refractivity contribution in [2.45, 2.75) is 64.9 Å². The molecule has 15 heteroatoms. The molecule has 0 spiro atoms. The maximum absolute atomic E-state index is 12.0. The molecular formula is C24H27ClN4O10. The number of carbonyl (C=O) groups is 4. The molecule has 2 heterocycles. The highest BCUT2D eigenvalue weighted by Gasteiger charge is 2.53. The highest BCUT2D eigenvalue weighted by atomic mass is 35.5. The minimum absolute atomic E-state index is 0.0690. The van der Waals surface area contributed by atoms with Gasteiger partial charge in [0.2, 0.25) is 23.6 Å². The van der Waals surface area contributed by atoms with Crippen LogP contribution in [-0.2, 0) is 49.4 Å². The molecule has 0 radical (unpaired) electrons. The van der Waals surface area contributed by atoms with Crippen LogP contribution in [-0.4, -0.2) is 76.1 Å². The van der Waals surface area contributed by atoms with E-state index in [1.165, 1.54) is 6.92 Å². The first kappa shape index (κ1) is 29.5. The molecule has 1 aliphatic rings. The molecule has 1 N–H and O–H groups in total. The lowest BCUT2D eigenvalue weighted by molar-refractivity contribution is -0.289. The summed E-state index contributed by atoms with van der Waals surface area (Å²) in [5.74, 6) is -2.90. The number of esters is 4. The number of anilines is 1. The van der Waals surface area contributed by atoms with E-state index in [2.05, 4.69) is 20.3 Å². The van der Waals surface area contributed by atoms with E-state index in [0.29, 0.717) is 6.54 Å². The molecule has 0 unspecified atom stereocenters. The van der Waals surface area contributed by atoms with Gasteiger partial charge in [0.25, 0.3) is 0 Å². The van der Waals surface area contributed by atoms with Gasteiger partial charge in [-0.2, -0.15) is 15.0 Å². The van der Waals surface area contributed by atoms with Crippen molar-refractivity contribution in [3.63, 3.8) is 0 Å². The molecule has 3 rings (SSSR count). The Hall–Kier alpha value is -4.04. The van der Waals surface area contributed by atoms with Crippen LogP contribution in [0.2, 0.25) is 5.28 Å². The summed E-state index contributed by atoms with van der Waals surface area (Å²) in [6, 6.07) is 9.08. The third kappa shape index (κ3) is 9.04. The van der Waals surface area contributed by atoms with Crippen LogP contribution < -0.4 is 10.1 Å². The Morgan fingerprint density at radius 1 is 0.846 bits per heavy atom. The molecule has 0 bridgehead atoms. The first-order valence-corrected chi connectivity index (χ1v) is 12.1. The fourth-order valence-corrected chi connectivity index (χ4v) is 3.78. The van der Waals surface area contributed by atoms with Crippen LogP contribution in [0.5, 0.6) is 6.01 Å². The van der Waals surface area contributed by atoms with Gasteiger partial charge in [0, 0.05) is 34.2 Å². The molecule has 1 saturated heterocycles. The standard InChI is InChI=1S/C24H27ClN4O10/c1-12(30)34-11-17-18(35-13(2)31)19(36-14(3)32)20(37-15(4)33)21(38-17)39-24-28-22(25)27-23(29-24)26-10-16-8-6-5-7-9-16/h5-9,17-21H,10-11H2,1-4H3,(H,26,27,28,29)/t17-,18-,19+,20-,21+/m1/s1. The fraction of sp³-hybridized carbons (Fsp3) is 0.458. The van der Waals surface area contributed by atoms with Crippen molar-refractivity contribution in [1.82, 2.24) is 15.0 Å². The molecule has 1 aromatic heterocycles. The van der Waals surface area contributed by atoms with Crippen LogP contribution in [0.1, 0.15) is 33.3 Å². The van der Waals surface area contributed by atoms with Gasteiger partial charge in [0.05, 0.1) is 0 Å². The third-order valence-electron chi connectivity index (χ3n) is 5.05. The molecule has 1 aromatic carbocycles. The van der Waals surface area contributed by atoms with Gasteiger partial charge in [-0.3, -0.25) is 19.2 Å².